The first-order valence-electron chi connectivity index (χ1n) is 9.94. The highest BCUT2D eigenvalue weighted by atomic mass is 32.1. The molecule has 2 heterocycles. The molecule has 2 atom stereocenters. The Labute approximate surface area is 179 Å². The van der Waals surface area contributed by atoms with Crippen LogP contribution in [-0.4, -0.2) is 15.9 Å². The maximum Gasteiger partial charge on any atom is 0.233 e. The molecule has 0 saturated carbocycles. The minimum absolute atomic E-state index is 0.00737. The van der Waals surface area contributed by atoms with Crippen LogP contribution in [0.15, 0.2) is 84.6 Å². The monoisotopic (exact) mass is 411 g/mol. The summed E-state index contributed by atoms with van der Waals surface area (Å²) in [6, 6.07) is 20.9. The van der Waals surface area contributed by atoms with E-state index in [2.05, 4.69) is 52.5 Å². The maximum absolute atomic E-state index is 13.5. The van der Waals surface area contributed by atoms with Gasteiger partial charge in [-0.05, 0) is 53.3 Å². The van der Waals surface area contributed by atoms with Gasteiger partial charge in [-0.2, -0.15) is 0 Å². The number of thiazole rings is 1. The number of fused-ring (bicyclic) bond motifs is 1. The standard InChI is InChI=1S/C25H21N3OS/c1-25(23(29)28-24-27-13-14-30-24)16-20-8-7-19(17-9-11-26-12-10-17)15-21(20)22(25)18-5-3-2-4-6-18/h2-15,22H,16H2,1H3,(H,27,28,29)/t22-,25+/m0/s1. The number of nitrogens with zero attached hydrogens (tertiary/aromatic N) is 2. The number of aromatic nitrogens is 2. The van der Waals surface area contributed by atoms with Gasteiger partial charge in [0.2, 0.25) is 5.91 Å². The highest BCUT2D eigenvalue weighted by molar-refractivity contribution is 7.13. The number of rotatable bonds is 4. The molecule has 30 heavy (non-hydrogen) atoms. The summed E-state index contributed by atoms with van der Waals surface area (Å²) in [5, 5.41) is 5.56. The van der Waals surface area contributed by atoms with Crippen LogP contribution in [0.2, 0.25) is 0 Å². The second-order valence-electron chi connectivity index (χ2n) is 7.88. The first kappa shape index (κ1) is 18.7. The van der Waals surface area contributed by atoms with Crippen molar-refractivity contribution in [2.24, 2.45) is 5.41 Å². The highest BCUT2D eigenvalue weighted by Gasteiger charge is 2.48. The average Bonchev–Trinajstić information content (AvgIpc) is 3.40. The second-order valence-corrected chi connectivity index (χ2v) is 8.77. The fourth-order valence-corrected chi connectivity index (χ4v) is 5.04. The van der Waals surface area contributed by atoms with E-state index in [4.69, 9.17) is 0 Å². The molecule has 5 rings (SSSR count). The van der Waals surface area contributed by atoms with E-state index in [0.717, 1.165) is 16.7 Å². The quantitative estimate of drug-likeness (QED) is 0.480. The van der Waals surface area contributed by atoms with Gasteiger partial charge in [0.1, 0.15) is 0 Å². The Balaban J connectivity index is 1.60. The smallest absolute Gasteiger partial charge is 0.233 e. The molecule has 4 aromatic rings. The molecule has 0 unspecified atom stereocenters. The zero-order chi connectivity index (χ0) is 20.6. The van der Waals surface area contributed by atoms with Crippen LogP contribution in [0.5, 0.6) is 0 Å². The van der Waals surface area contributed by atoms with Crippen molar-refractivity contribution in [3.63, 3.8) is 0 Å². The number of hydrogen-bond acceptors (Lipinski definition) is 4. The molecule has 2 aromatic carbocycles. The summed E-state index contributed by atoms with van der Waals surface area (Å²) in [5.74, 6) is -0.0246. The summed E-state index contributed by atoms with van der Waals surface area (Å²) < 4.78 is 0. The van der Waals surface area contributed by atoms with Crippen LogP contribution >= 0.6 is 11.3 Å². The van der Waals surface area contributed by atoms with Crippen LogP contribution in [0.1, 0.15) is 29.5 Å². The Morgan fingerprint density at radius 3 is 2.57 bits per heavy atom. The van der Waals surface area contributed by atoms with Gasteiger partial charge in [0.05, 0.1) is 5.41 Å². The van der Waals surface area contributed by atoms with Gasteiger partial charge in [0, 0.05) is 29.9 Å². The van der Waals surface area contributed by atoms with Gasteiger partial charge >= 0.3 is 0 Å². The Hall–Kier alpha value is -3.31. The van der Waals surface area contributed by atoms with E-state index in [1.807, 2.05) is 48.1 Å². The molecule has 0 aliphatic heterocycles. The number of carbonyl (C=O) groups excluding carboxylic acids is 1. The number of carbonyl (C=O) groups is 1. The summed E-state index contributed by atoms with van der Waals surface area (Å²) in [6.07, 6.45) is 6.02. The molecule has 148 valence electrons. The molecule has 0 bridgehead atoms. The van der Waals surface area contributed by atoms with Crippen molar-refractivity contribution in [1.82, 2.24) is 9.97 Å². The van der Waals surface area contributed by atoms with Crippen LogP contribution in [0.4, 0.5) is 5.13 Å². The lowest BCUT2D eigenvalue weighted by Crippen LogP contribution is -2.37. The maximum atomic E-state index is 13.5. The van der Waals surface area contributed by atoms with E-state index < -0.39 is 5.41 Å². The van der Waals surface area contributed by atoms with Crippen LogP contribution < -0.4 is 5.32 Å². The summed E-state index contributed by atoms with van der Waals surface area (Å²) in [7, 11) is 0. The van der Waals surface area contributed by atoms with Crippen molar-refractivity contribution in [3.8, 4) is 11.1 Å². The van der Waals surface area contributed by atoms with Crippen LogP contribution in [0.25, 0.3) is 11.1 Å². The lowest BCUT2D eigenvalue weighted by molar-refractivity contribution is -0.125. The van der Waals surface area contributed by atoms with Gasteiger partial charge in [-0.15, -0.1) is 11.3 Å². The van der Waals surface area contributed by atoms with E-state index in [1.165, 1.54) is 22.5 Å². The molecule has 4 nitrogen and oxygen atoms in total. The lowest BCUT2D eigenvalue weighted by Gasteiger charge is -2.31. The second kappa shape index (κ2) is 7.50. The van der Waals surface area contributed by atoms with Crippen molar-refractivity contribution in [2.45, 2.75) is 19.3 Å². The molecule has 0 spiro atoms. The highest BCUT2D eigenvalue weighted by Crippen LogP contribution is 2.52. The van der Waals surface area contributed by atoms with Crippen molar-refractivity contribution in [2.75, 3.05) is 5.32 Å². The summed E-state index contributed by atoms with van der Waals surface area (Å²) in [5.41, 5.74) is 5.25. The van der Waals surface area contributed by atoms with E-state index >= 15 is 0 Å². The molecule has 1 N–H and O–H groups in total. The third-order valence-corrected chi connectivity index (χ3v) is 6.66. The zero-order valence-electron chi connectivity index (χ0n) is 16.6. The molecule has 1 aliphatic carbocycles. The van der Waals surface area contributed by atoms with Gasteiger partial charge in [0.15, 0.2) is 5.13 Å². The number of amides is 1. The van der Waals surface area contributed by atoms with Gasteiger partial charge < -0.3 is 5.32 Å². The molecule has 0 saturated heterocycles. The summed E-state index contributed by atoms with van der Waals surface area (Å²) in [6.45, 7) is 2.07. The lowest BCUT2D eigenvalue weighted by atomic mass is 9.73. The normalized spacial score (nSPS) is 20.0. The molecule has 0 radical (unpaired) electrons. The van der Waals surface area contributed by atoms with Crippen molar-refractivity contribution in [1.29, 1.82) is 0 Å². The topological polar surface area (TPSA) is 54.9 Å². The van der Waals surface area contributed by atoms with Gasteiger partial charge in [-0.3, -0.25) is 9.78 Å². The average molecular weight is 412 g/mol. The van der Waals surface area contributed by atoms with Gasteiger partial charge in [-0.25, -0.2) is 4.98 Å². The molecule has 1 amide bonds. The molecular weight excluding hydrogens is 390 g/mol. The van der Waals surface area contributed by atoms with Crippen molar-refractivity contribution in [3.05, 3.63) is 101 Å². The fourth-order valence-electron chi connectivity index (χ4n) is 4.52. The molecule has 2 aromatic heterocycles. The van der Waals surface area contributed by atoms with E-state index in [0.29, 0.717) is 11.6 Å². The largest absolute Gasteiger partial charge is 0.301 e. The number of anilines is 1. The van der Waals surface area contributed by atoms with E-state index in [9.17, 15) is 4.79 Å². The predicted molar refractivity (Wildman–Crippen MR) is 121 cm³/mol. The van der Waals surface area contributed by atoms with Crippen LogP contribution in [0.3, 0.4) is 0 Å². The summed E-state index contributed by atoms with van der Waals surface area (Å²) in [4.78, 5) is 21.9. The Kier molecular flexibility index (Phi) is 4.68. The molecule has 5 heteroatoms. The third-order valence-electron chi connectivity index (χ3n) is 5.97. The van der Waals surface area contributed by atoms with E-state index in [1.54, 1.807) is 6.20 Å². The molecule has 0 fully saturated rings. The van der Waals surface area contributed by atoms with Crippen molar-refractivity contribution >= 4 is 22.4 Å². The number of nitrogens with one attached hydrogen (secondary N) is 1. The number of benzene rings is 2. The first-order chi connectivity index (χ1) is 14.6. The third kappa shape index (κ3) is 3.21. The number of hydrogen-bond donors (Lipinski definition) is 1. The fraction of sp³-hybridized carbons (Fsp3) is 0.160. The Morgan fingerprint density at radius 2 is 1.83 bits per heavy atom. The first-order valence-corrected chi connectivity index (χ1v) is 10.8. The Morgan fingerprint density at radius 1 is 1.03 bits per heavy atom. The molecular formula is C25H21N3OS. The van der Waals surface area contributed by atoms with Gasteiger partial charge in [0.25, 0.3) is 0 Å². The zero-order valence-corrected chi connectivity index (χ0v) is 17.4. The minimum Gasteiger partial charge on any atom is -0.301 e. The van der Waals surface area contributed by atoms with Gasteiger partial charge in [-0.1, -0.05) is 48.5 Å². The minimum atomic E-state index is -0.605. The SMILES string of the molecule is C[C@@]1(C(=O)Nc2nccs2)Cc2ccc(-c3ccncc3)cc2[C@@H]1c1ccccc1. The van der Waals surface area contributed by atoms with E-state index in [-0.39, 0.29) is 11.8 Å². The van der Waals surface area contributed by atoms with Crippen LogP contribution in [-0.2, 0) is 11.2 Å². The summed E-state index contributed by atoms with van der Waals surface area (Å²) >= 11 is 1.44. The predicted octanol–water partition coefficient (Wildman–Crippen LogP) is 5.54. The number of pyridine rings is 1. The molecule has 1 aliphatic rings. The van der Waals surface area contributed by atoms with Crippen LogP contribution in [0, 0.1) is 5.41 Å². The van der Waals surface area contributed by atoms with Crippen molar-refractivity contribution < 1.29 is 4.79 Å². The Bertz CT molecular complexity index is 1180.